The molecule has 0 aliphatic heterocycles. The third kappa shape index (κ3) is 1.42. The zero-order chi connectivity index (χ0) is 7.90. The summed E-state index contributed by atoms with van der Waals surface area (Å²) in [6.07, 6.45) is 2.43. The van der Waals surface area contributed by atoms with E-state index in [1.807, 2.05) is 0 Å². The highest BCUT2D eigenvalue weighted by atomic mass is 32.1. The van der Waals surface area contributed by atoms with Crippen LogP contribution in [0.5, 0.6) is 0 Å². The Morgan fingerprint density at radius 1 is 1.64 bits per heavy atom. The van der Waals surface area contributed by atoms with Crippen LogP contribution >= 0.6 is 11.5 Å². The number of nitrogens with zero attached hydrogens (tertiary/aromatic N) is 2. The molecule has 11 heavy (non-hydrogen) atoms. The van der Waals surface area contributed by atoms with Gasteiger partial charge in [-0.1, -0.05) is 0 Å². The summed E-state index contributed by atoms with van der Waals surface area (Å²) in [5, 5.41) is 4.11. The smallest absolute Gasteiger partial charge is 0.233 e. The number of nitrogen functional groups attached to an aromatic ring is 1. The molecule has 0 amide bonds. The van der Waals surface area contributed by atoms with Gasteiger partial charge in [0.15, 0.2) is 0 Å². The zero-order valence-electron chi connectivity index (χ0n) is 6.29. The fourth-order valence-electron chi connectivity index (χ4n) is 0.856. The third-order valence-corrected chi connectivity index (χ3v) is 2.50. The van der Waals surface area contributed by atoms with Gasteiger partial charge in [0.05, 0.1) is 0 Å². The Kier molecular flexibility index (Phi) is 1.29. The largest absolute Gasteiger partial charge is 0.367 e. The second kappa shape index (κ2) is 2.07. The van der Waals surface area contributed by atoms with Gasteiger partial charge in [0.25, 0.3) is 0 Å². The standard InChI is InChI=1S/C6H10N4S/c1-6(2-3-6)9-5-8-4(7)10-11-5/h2-3H2,1H3,(H3,7,8,9,10). The van der Waals surface area contributed by atoms with Crippen LogP contribution in [-0.2, 0) is 0 Å². The summed E-state index contributed by atoms with van der Waals surface area (Å²) >= 11 is 1.32. The molecule has 0 bridgehead atoms. The summed E-state index contributed by atoms with van der Waals surface area (Å²) in [6, 6.07) is 0. The molecule has 5 heteroatoms. The van der Waals surface area contributed by atoms with E-state index in [4.69, 9.17) is 5.73 Å². The van der Waals surface area contributed by atoms with Gasteiger partial charge in [0.1, 0.15) is 0 Å². The first-order valence-electron chi connectivity index (χ1n) is 3.55. The molecule has 1 aliphatic carbocycles. The minimum Gasteiger partial charge on any atom is -0.367 e. The first kappa shape index (κ1) is 6.84. The van der Waals surface area contributed by atoms with Gasteiger partial charge in [0, 0.05) is 17.1 Å². The lowest BCUT2D eigenvalue weighted by molar-refractivity contribution is 0.827. The van der Waals surface area contributed by atoms with Gasteiger partial charge in [-0.3, -0.25) is 0 Å². The van der Waals surface area contributed by atoms with Gasteiger partial charge in [0.2, 0.25) is 11.1 Å². The Balaban J connectivity index is 2.06. The molecule has 1 aromatic heterocycles. The SMILES string of the molecule is CC1(Nc2nc(N)ns2)CC1. The second-order valence-corrected chi connectivity index (χ2v) is 3.90. The van der Waals surface area contributed by atoms with E-state index in [1.54, 1.807) is 0 Å². The molecule has 60 valence electrons. The lowest BCUT2D eigenvalue weighted by Gasteiger charge is -2.07. The predicted molar refractivity (Wildman–Crippen MR) is 45.6 cm³/mol. The maximum Gasteiger partial charge on any atom is 0.233 e. The number of nitrogens with two attached hydrogens (primary N) is 1. The summed E-state index contributed by atoms with van der Waals surface area (Å²) < 4.78 is 3.87. The molecule has 1 aliphatic rings. The molecule has 1 aromatic rings. The highest BCUT2D eigenvalue weighted by Gasteiger charge is 2.37. The third-order valence-electron chi connectivity index (χ3n) is 1.85. The average Bonchev–Trinajstić information content (AvgIpc) is 2.49. The van der Waals surface area contributed by atoms with Crippen molar-refractivity contribution in [1.82, 2.24) is 9.36 Å². The highest BCUT2D eigenvalue weighted by molar-refractivity contribution is 7.09. The van der Waals surface area contributed by atoms with Crippen LogP contribution in [0.25, 0.3) is 0 Å². The molecular weight excluding hydrogens is 160 g/mol. The van der Waals surface area contributed by atoms with Gasteiger partial charge in [-0.15, -0.1) is 0 Å². The van der Waals surface area contributed by atoms with Crippen molar-refractivity contribution in [2.45, 2.75) is 25.3 Å². The van der Waals surface area contributed by atoms with Gasteiger partial charge >= 0.3 is 0 Å². The Labute approximate surface area is 69.0 Å². The fraction of sp³-hybridized carbons (Fsp3) is 0.667. The summed E-state index contributed by atoms with van der Waals surface area (Å²) in [7, 11) is 0. The quantitative estimate of drug-likeness (QED) is 0.697. The van der Waals surface area contributed by atoms with Crippen LogP contribution in [-0.4, -0.2) is 14.9 Å². The molecule has 0 spiro atoms. The van der Waals surface area contributed by atoms with E-state index in [2.05, 4.69) is 21.6 Å². The van der Waals surface area contributed by atoms with Crippen LogP contribution in [0.3, 0.4) is 0 Å². The van der Waals surface area contributed by atoms with Crippen LogP contribution in [0.4, 0.5) is 11.1 Å². The topological polar surface area (TPSA) is 63.8 Å². The van der Waals surface area contributed by atoms with E-state index < -0.39 is 0 Å². The number of anilines is 2. The normalized spacial score (nSPS) is 19.7. The maximum atomic E-state index is 5.37. The molecule has 1 fully saturated rings. The zero-order valence-corrected chi connectivity index (χ0v) is 7.11. The van der Waals surface area contributed by atoms with Crippen molar-refractivity contribution in [2.75, 3.05) is 11.1 Å². The fourth-order valence-corrected chi connectivity index (χ4v) is 1.50. The summed E-state index contributed by atoms with van der Waals surface area (Å²) in [5.41, 5.74) is 5.64. The Hall–Kier alpha value is -0.840. The van der Waals surface area contributed by atoms with E-state index in [9.17, 15) is 0 Å². The lowest BCUT2D eigenvalue weighted by Crippen LogP contribution is -2.15. The molecule has 1 saturated carbocycles. The predicted octanol–water partition coefficient (Wildman–Crippen LogP) is 1.08. The Morgan fingerprint density at radius 2 is 2.36 bits per heavy atom. The van der Waals surface area contributed by atoms with Crippen LogP contribution < -0.4 is 11.1 Å². The summed E-state index contributed by atoms with van der Waals surface area (Å²) in [5.74, 6) is 0.363. The monoisotopic (exact) mass is 170 g/mol. The van der Waals surface area contributed by atoms with E-state index in [0.717, 1.165) is 5.13 Å². The van der Waals surface area contributed by atoms with Crippen LogP contribution in [0.1, 0.15) is 19.8 Å². The number of rotatable bonds is 2. The maximum absolute atomic E-state index is 5.37. The van der Waals surface area contributed by atoms with Gasteiger partial charge in [-0.2, -0.15) is 9.36 Å². The van der Waals surface area contributed by atoms with E-state index in [1.165, 1.54) is 24.4 Å². The molecular formula is C6H10N4S. The summed E-state index contributed by atoms with van der Waals surface area (Å²) in [6.45, 7) is 2.17. The molecule has 0 aromatic carbocycles. The summed E-state index contributed by atoms with van der Waals surface area (Å²) in [4.78, 5) is 4.01. The van der Waals surface area contributed by atoms with Crippen molar-refractivity contribution in [3.8, 4) is 0 Å². The minimum atomic E-state index is 0.270. The lowest BCUT2D eigenvalue weighted by atomic mass is 10.3. The number of nitrogens with one attached hydrogen (secondary N) is 1. The number of hydrogen-bond donors (Lipinski definition) is 2. The molecule has 0 unspecified atom stereocenters. The van der Waals surface area contributed by atoms with Crippen LogP contribution in [0.2, 0.25) is 0 Å². The van der Waals surface area contributed by atoms with Gasteiger partial charge in [-0.25, -0.2) is 0 Å². The molecule has 0 atom stereocenters. The van der Waals surface area contributed by atoms with Crippen molar-refractivity contribution in [3.05, 3.63) is 0 Å². The first-order chi connectivity index (χ1) is 5.18. The molecule has 1 heterocycles. The van der Waals surface area contributed by atoms with Crippen molar-refractivity contribution >= 4 is 22.6 Å². The minimum absolute atomic E-state index is 0.270. The second-order valence-electron chi connectivity index (χ2n) is 3.14. The number of aromatic nitrogens is 2. The molecule has 2 rings (SSSR count). The molecule has 0 radical (unpaired) electrons. The van der Waals surface area contributed by atoms with Gasteiger partial charge in [-0.05, 0) is 19.8 Å². The van der Waals surface area contributed by atoms with E-state index >= 15 is 0 Å². The average molecular weight is 170 g/mol. The molecule has 4 nitrogen and oxygen atoms in total. The Morgan fingerprint density at radius 3 is 2.82 bits per heavy atom. The Bertz CT molecular complexity index is 265. The van der Waals surface area contributed by atoms with E-state index in [0.29, 0.717) is 5.95 Å². The van der Waals surface area contributed by atoms with E-state index in [-0.39, 0.29) is 5.54 Å². The van der Waals surface area contributed by atoms with Crippen molar-refractivity contribution in [3.63, 3.8) is 0 Å². The van der Waals surface area contributed by atoms with Gasteiger partial charge < -0.3 is 11.1 Å². The molecule has 0 saturated heterocycles. The van der Waals surface area contributed by atoms with Crippen molar-refractivity contribution < 1.29 is 0 Å². The van der Waals surface area contributed by atoms with Crippen molar-refractivity contribution in [2.24, 2.45) is 0 Å². The van der Waals surface area contributed by atoms with Crippen molar-refractivity contribution in [1.29, 1.82) is 0 Å². The molecule has 3 N–H and O–H groups in total. The van der Waals surface area contributed by atoms with Crippen LogP contribution in [0.15, 0.2) is 0 Å². The van der Waals surface area contributed by atoms with Crippen LogP contribution in [0, 0.1) is 0 Å². The first-order valence-corrected chi connectivity index (χ1v) is 4.33. The number of hydrogen-bond acceptors (Lipinski definition) is 5. The highest BCUT2D eigenvalue weighted by Crippen LogP contribution is 2.38.